The van der Waals surface area contributed by atoms with E-state index in [1.54, 1.807) is 0 Å². The van der Waals surface area contributed by atoms with Crippen LogP contribution in [-0.2, 0) is 13.5 Å². The molecule has 1 unspecified atom stereocenters. The van der Waals surface area contributed by atoms with Crippen molar-refractivity contribution in [2.45, 2.75) is 26.3 Å². The maximum absolute atomic E-state index is 5.58. The van der Waals surface area contributed by atoms with Crippen LogP contribution in [-0.4, -0.2) is 16.3 Å². The highest BCUT2D eigenvalue weighted by Crippen LogP contribution is 2.15. The van der Waals surface area contributed by atoms with Crippen molar-refractivity contribution in [1.82, 2.24) is 15.1 Å². The highest BCUT2D eigenvalue weighted by Gasteiger charge is 2.08. The maximum atomic E-state index is 5.58. The number of hydrogen-bond acceptors (Lipinski definition) is 3. The predicted octanol–water partition coefficient (Wildman–Crippen LogP) is 2.21. The van der Waals surface area contributed by atoms with Gasteiger partial charge in [0.25, 0.3) is 0 Å². The van der Waals surface area contributed by atoms with Crippen molar-refractivity contribution in [3.8, 4) is 0 Å². The molecular weight excluding hydrogens is 214 g/mol. The lowest BCUT2D eigenvalue weighted by atomic mass is 10.2. The maximum Gasteiger partial charge on any atom is 0.120 e. The van der Waals surface area contributed by atoms with Crippen LogP contribution in [0.3, 0.4) is 0 Å². The van der Waals surface area contributed by atoms with Crippen molar-refractivity contribution in [2.24, 2.45) is 7.05 Å². The van der Waals surface area contributed by atoms with Gasteiger partial charge in [-0.25, -0.2) is 0 Å². The molecule has 4 nitrogen and oxygen atoms in total. The number of rotatable bonds is 5. The smallest absolute Gasteiger partial charge is 0.120 e. The summed E-state index contributed by atoms with van der Waals surface area (Å²) in [6, 6.07) is 6.31. The molecule has 2 rings (SSSR count). The summed E-state index contributed by atoms with van der Waals surface area (Å²) in [5.74, 6) is 1.95. The Morgan fingerprint density at radius 3 is 2.82 bits per heavy atom. The van der Waals surface area contributed by atoms with Gasteiger partial charge in [-0.05, 0) is 32.0 Å². The first-order valence-corrected chi connectivity index (χ1v) is 5.93. The molecule has 0 saturated carbocycles. The SMILES string of the molecule is Cc1ccc(C(C)NCCc2ccnn2C)o1. The first kappa shape index (κ1) is 11.9. The minimum atomic E-state index is 0.247. The Morgan fingerprint density at radius 1 is 1.41 bits per heavy atom. The molecule has 0 amide bonds. The topological polar surface area (TPSA) is 43.0 Å². The lowest BCUT2D eigenvalue weighted by Gasteiger charge is -2.11. The second-order valence-corrected chi connectivity index (χ2v) is 4.32. The molecule has 17 heavy (non-hydrogen) atoms. The van der Waals surface area contributed by atoms with E-state index in [0.29, 0.717) is 0 Å². The van der Waals surface area contributed by atoms with E-state index in [1.807, 2.05) is 43.0 Å². The van der Waals surface area contributed by atoms with Gasteiger partial charge in [-0.3, -0.25) is 4.68 Å². The van der Waals surface area contributed by atoms with Gasteiger partial charge in [-0.15, -0.1) is 0 Å². The highest BCUT2D eigenvalue weighted by atomic mass is 16.3. The number of nitrogens with zero attached hydrogens (tertiary/aromatic N) is 2. The summed E-state index contributed by atoms with van der Waals surface area (Å²) < 4.78 is 7.48. The molecule has 0 aliphatic carbocycles. The number of hydrogen-bond donors (Lipinski definition) is 1. The lowest BCUT2D eigenvalue weighted by Crippen LogP contribution is -2.21. The summed E-state index contributed by atoms with van der Waals surface area (Å²) in [6.45, 7) is 4.99. The highest BCUT2D eigenvalue weighted by molar-refractivity contribution is 5.09. The van der Waals surface area contributed by atoms with Gasteiger partial charge in [0.15, 0.2) is 0 Å². The van der Waals surface area contributed by atoms with Crippen molar-refractivity contribution in [1.29, 1.82) is 0 Å². The zero-order valence-electron chi connectivity index (χ0n) is 10.6. The van der Waals surface area contributed by atoms with E-state index in [2.05, 4.69) is 17.3 Å². The molecule has 0 saturated heterocycles. The minimum Gasteiger partial charge on any atom is -0.465 e. The van der Waals surface area contributed by atoms with Gasteiger partial charge >= 0.3 is 0 Å². The molecule has 2 aromatic rings. The molecular formula is C13H19N3O. The molecule has 0 aromatic carbocycles. The molecule has 4 heteroatoms. The van der Waals surface area contributed by atoms with Crippen LogP contribution in [0.5, 0.6) is 0 Å². The van der Waals surface area contributed by atoms with Crippen LogP contribution in [0, 0.1) is 6.92 Å². The molecule has 0 fully saturated rings. The van der Waals surface area contributed by atoms with Gasteiger partial charge < -0.3 is 9.73 Å². The zero-order chi connectivity index (χ0) is 12.3. The number of aromatic nitrogens is 2. The predicted molar refractivity (Wildman–Crippen MR) is 66.8 cm³/mol. The summed E-state index contributed by atoms with van der Waals surface area (Å²) >= 11 is 0. The van der Waals surface area contributed by atoms with Gasteiger partial charge in [-0.2, -0.15) is 5.10 Å². The van der Waals surface area contributed by atoms with Crippen LogP contribution in [0.25, 0.3) is 0 Å². The Kier molecular flexibility index (Phi) is 3.64. The quantitative estimate of drug-likeness (QED) is 0.861. The molecule has 0 aliphatic heterocycles. The van der Waals surface area contributed by atoms with E-state index in [1.165, 1.54) is 5.69 Å². The van der Waals surface area contributed by atoms with Crippen LogP contribution in [0.2, 0.25) is 0 Å². The standard InChI is InChI=1S/C13H19N3O/c1-10-4-5-13(17-10)11(2)14-8-6-12-7-9-15-16(12)3/h4-5,7,9,11,14H,6,8H2,1-3H3. The van der Waals surface area contributed by atoms with E-state index in [4.69, 9.17) is 4.42 Å². The van der Waals surface area contributed by atoms with Gasteiger partial charge in [-0.1, -0.05) is 0 Å². The van der Waals surface area contributed by atoms with Crippen molar-refractivity contribution in [2.75, 3.05) is 6.54 Å². The summed E-state index contributed by atoms with van der Waals surface area (Å²) in [7, 11) is 1.97. The molecule has 1 N–H and O–H groups in total. The Hall–Kier alpha value is -1.55. The summed E-state index contributed by atoms with van der Waals surface area (Å²) in [5.41, 5.74) is 1.24. The molecule has 0 spiro atoms. The van der Waals surface area contributed by atoms with Crippen LogP contribution in [0.1, 0.15) is 30.2 Å². The molecule has 1 atom stereocenters. The van der Waals surface area contributed by atoms with Crippen LogP contribution < -0.4 is 5.32 Å². The average molecular weight is 233 g/mol. The molecule has 0 bridgehead atoms. The largest absolute Gasteiger partial charge is 0.465 e. The third-order valence-electron chi connectivity index (χ3n) is 2.94. The van der Waals surface area contributed by atoms with Crippen molar-refractivity contribution in [3.63, 3.8) is 0 Å². The van der Waals surface area contributed by atoms with Gasteiger partial charge in [0.05, 0.1) is 6.04 Å². The third-order valence-corrected chi connectivity index (χ3v) is 2.94. The van der Waals surface area contributed by atoms with E-state index >= 15 is 0 Å². The van der Waals surface area contributed by atoms with E-state index in [-0.39, 0.29) is 6.04 Å². The zero-order valence-corrected chi connectivity index (χ0v) is 10.6. The van der Waals surface area contributed by atoms with Crippen molar-refractivity contribution in [3.05, 3.63) is 41.6 Å². The van der Waals surface area contributed by atoms with E-state index < -0.39 is 0 Å². The second-order valence-electron chi connectivity index (χ2n) is 4.32. The first-order valence-electron chi connectivity index (χ1n) is 5.93. The Bertz CT molecular complexity index is 472. The van der Waals surface area contributed by atoms with Crippen molar-refractivity contribution < 1.29 is 4.42 Å². The Morgan fingerprint density at radius 2 is 2.24 bits per heavy atom. The van der Waals surface area contributed by atoms with Gasteiger partial charge in [0, 0.05) is 31.9 Å². The monoisotopic (exact) mass is 233 g/mol. The third kappa shape index (κ3) is 2.97. The van der Waals surface area contributed by atoms with E-state index in [9.17, 15) is 0 Å². The van der Waals surface area contributed by atoms with Crippen LogP contribution >= 0.6 is 0 Å². The average Bonchev–Trinajstić information content (AvgIpc) is 2.88. The molecule has 2 aromatic heterocycles. The molecule has 2 heterocycles. The Balaban J connectivity index is 1.81. The number of aryl methyl sites for hydroxylation is 2. The van der Waals surface area contributed by atoms with Crippen LogP contribution in [0.15, 0.2) is 28.8 Å². The number of furan rings is 1. The fourth-order valence-corrected chi connectivity index (χ4v) is 1.85. The van der Waals surface area contributed by atoms with Gasteiger partial charge in [0.2, 0.25) is 0 Å². The fraction of sp³-hybridized carbons (Fsp3) is 0.462. The Labute approximate surface area is 102 Å². The lowest BCUT2D eigenvalue weighted by molar-refractivity contribution is 0.417. The van der Waals surface area contributed by atoms with E-state index in [0.717, 1.165) is 24.5 Å². The second kappa shape index (κ2) is 5.19. The molecule has 92 valence electrons. The fourth-order valence-electron chi connectivity index (χ4n) is 1.85. The first-order chi connectivity index (χ1) is 8.16. The van der Waals surface area contributed by atoms with Gasteiger partial charge in [0.1, 0.15) is 11.5 Å². The minimum absolute atomic E-state index is 0.247. The van der Waals surface area contributed by atoms with Crippen LogP contribution in [0.4, 0.5) is 0 Å². The summed E-state index contributed by atoms with van der Waals surface area (Å²) in [5, 5.41) is 7.59. The number of nitrogens with one attached hydrogen (secondary N) is 1. The summed E-state index contributed by atoms with van der Waals surface area (Å²) in [6.07, 6.45) is 2.80. The summed E-state index contributed by atoms with van der Waals surface area (Å²) in [4.78, 5) is 0. The molecule has 0 aliphatic rings. The van der Waals surface area contributed by atoms with Crippen molar-refractivity contribution >= 4 is 0 Å². The molecule has 0 radical (unpaired) electrons. The normalized spacial score (nSPS) is 12.9.